The number of ether oxygens (including phenoxy) is 1. The fraction of sp³-hybridized carbons (Fsp3) is 0.923. The summed E-state index contributed by atoms with van der Waals surface area (Å²) in [5, 5.41) is 3.05. The van der Waals surface area contributed by atoms with Gasteiger partial charge in [-0.2, -0.15) is 0 Å². The minimum atomic E-state index is -0.203. The van der Waals surface area contributed by atoms with Gasteiger partial charge in [-0.3, -0.25) is 9.69 Å². The van der Waals surface area contributed by atoms with Crippen molar-refractivity contribution in [1.82, 2.24) is 10.2 Å². The standard InChI is InChI=1S/C13H26N2O2/c1-5-17-13(16)12(14-4)9-15-7-6-10(2)8-11(15)3/h10-12,14H,5-9H2,1-4H3. The highest BCUT2D eigenvalue weighted by Crippen LogP contribution is 2.22. The topological polar surface area (TPSA) is 41.6 Å². The molecule has 1 fully saturated rings. The van der Waals surface area contributed by atoms with Gasteiger partial charge in [-0.05, 0) is 46.2 Å². The Bertz CT molecular complexity index is 246. The van der Waals surface area contributed by atoms with Crippen molar-refractivity contribution in [1.29, 1.82) is 0 Å². The Morgan fingerprint density at radius 1 is 1.53 bits per heavy atom. The van der Waals surface area contributed by atoms with Crippen LogP contribution in [-0.2, 0) is 9.53 Å². The Labute approximate surface area is 105 Å². The molecular formula is C13H26N2O2. The fourth-order valence-electron chi connectivity index (χ4n) is 2.49. The van der Waals surface area contributed by atoms with Gasteiger partial charge in [-0.1, -0.05) is 6.92 Å². The number of likely N-dealkylation sites (tertiary alicyclic amines) is 1. The van der Waals surface area contributed by atoms with Crippen LogP contribution < -0.4 is 5.32 Å². The van der Waals surface area contributed by atoms with E-state index in [1.807, 2.05) is 14.0 Å². The number of carbonyl (C=O) groups excluding carboxylic acids is 1. The van der Waals surface area contributed by atoms with Crippen molar-refractivity contribution < 1.29 is 9.53 Å². The van der Waals surface area contributed by atoms with E-state index in [0.29, 0.717) is 12.6 Å². The Morgan fingerprint density at radius 3 is 2.76 bits per heavy atom. The van der Waals surface area contributed by atoms with Crippen LogP contribution in [0.25, 0.3) is 0 Å². The molecule has 3 unspecified atom stereocenters. The SMILES string of the molecule is CCOC(=O)C(CN1CCC(C)CC1C)NC. The van der Waals surface area contributed by atoms with Gasteiger partial charge in [0.05, 0.1) is 6.61 Å². The van der Waals surface area contributed by atoms with E-state index in [1.54, 1.807) is 0 Å². The van der Waals surface area contributed by atoms with Crippen molar-refractivity contribution in [3.63, 3.8) is 0 Å². The number of hydrogen-bond acceptors (Lipinski definition) is 4. The highest BCUT2D eigenvalue weighted by molar-refractivity contribution is 5.76. The second-order valence-electron chi connectivity index (χ2n) is 5.07. The molecule has 1 N–H and O–H groups in total. The molecule has 0 amide bonds. The summed E-state index contributed by atoms with van der Waals surface area (Å²) < 4.78 is 5.06. The summed E-state index contributed by atoms with van der Waals surface area (Å²) in [5.74, 6) is 0.665. The molecule has 1 saturated heterocycles. The molecule has 17 heavy (non-hydrogen) atoms. The molecule has 1 aliphatic rings. The predicted molar refractivity (Wildman–Crippen MR) is 68.9 cm³/mol. The molecule has 4 nitrogen and oxygen atoms in total. The van der Waals surface area contributed by atoms with Crippen LogP contribution in [0.1, 0.15) is 33.6 Å². The third-order valence-electron chi connectivity index (χ3n) is 3.61. The monoisotopic (exact) mass is 242 g/mol. The van der Waals surface area contributed by atoms with Crippen molar-refractivity contribution in [2.24, 2.45) is 5.92 Å². The van der Waals surface area contributed by atoms with Gasteiger partial charge in [0.15, 0.2) is 0 Å². The number of likely N-dealkylation sites (N-methyl/N-ethyl adjacent to an activating group) is 1. The number of piperidine rings is 1. The van der Waals surface area contributed by atoms with Gasteiger partial charge in [0, 0.05) is 12.6 Å². The largest absolute Gasteiger partial charge is 0.465 e. The molecule has 100 valence electrons. The maximum Gasteiger partial charge on any atom is 0.324 e. The van der Waals surface area contributed by atoms with Gasteiger partial charge in [0.1, 0.15) is 6.04 Å². The molecule has 1 heterocycles. The second kappa shape index (κ2) is 6.97. The maximum atomic E-state index is 11.7. The van der Waals surface area contributed by atoms with E-state index >= 15 is 0 Å². The maximum absolute atomic E-state index is 11.7. The first-order valence-corrected chi connectivity index (χ1v) is 6.66. The number of rotatable bonds is 5. The minimum absolute atomic E-state index is 0.138. The first-order valence-electron chi connectivity index (χ1n) is 6.66. The molecule has 0 aromatic carbocycles. The van der Waals surface area contributed by atoms with Gasteiger partial charge in [-0.15, -0.1) is 0 Å². The van der Waals surface area contributed by atoms with Crippen LogP contribution in [-0.4, -0.2) is 49.7 Å². The first-order chi connectivity index (χ1) is 8.08. The van der Waals surface area contributed by atoms with E-state index < -0.39 is 0 Å². The van der Waals surface area contributed by atoms with E-state index in [-0.39, 0.29) is 12.0 Å². The van der Waals surface area contributed by atoms with E-state index in [2.05, 4.69) is 24.1 Å². The Hall–Kier alpha value is -0.610. The lowest BCUT2D eigenvalue weighted by molar-refractivity contribution is -0.146. The highest BCUT2D eigenvalue weighted by Gasteiger charge is 2.27. The molecular weight excluding hydrogens is 216 g/mol. The molecule has 0 aliphatic carbocycles. The number of carbonyl (C=O) groups is 1. The van der Waals surface area contributed by atoms with Crippen LogP contribution in [0, 0.1) is 5.92 Å². The Morgan fingerprint density at radius 2 is 2.24 bits per heavy atom. The van der Waals surface area contributed by atoms with Crippen LogP contribution >= 0.6 is 0 Å². The van der Waals surface area contributed by atoms with Gasteiger partial charge >= 0.3 is 5.97 Å². The van der Waals surface area contributed by atoms with Crippen molar-refractivity contribution in [2.45, 2.75) is 45.7 Å². The Balaban J connectivity index is 2.47. The summed E-state index contributed by atoms with van der Waals surface area (Å²) >= 11 is 0. The van der Waals surface area contributed by atoms with Crippen LogP contribution in [0.4, 0.5) is 0 Å². The molecule has 0 radical (unpaired) electrons. The molecule has 0 saturated carbocycles. The third kappa shape index (κ3) is 4.28. The number of nitrogens with one attached hydrogen (secondary N) is 1. The zero-order valence-corrected chi connectivity index (χ0v) is 11.5. The lowest BCUT2D eigenvalue weighted by Crippen LogP contribution is -2.50. The van der Waals surface area contributed by atoms with Gasteiger partial charge in [0.25, 0.3) is 0 Å². The van der Waals surface area contributed by atoms with Gasteiger partial charge < -0.3 is 10.1 Å². The summed E-state index contributed by atoms with van der Waals surface area (Å²) in [6, 6.07) is 0.356. The predicted octanol–water partition coefficient (Wildman–Crippen LogP) is 1.26. The van der Waals surface area contributed by atoms with E-state index in [1.165, 1.54) is 12.8 Å². The molecule has 1 aliphatic heterocycles. The van der Waals surface area contributed by atoms with Crippen molar-refractivity contribution in [3.8, 4) is 0 Å². The summed E-state index contributed by atoms with van der Waals surface area (Å²) in [6.07, 6.45) is 2.45. The molecule has 0 bridgehead atoms. The number of esters is 1. The average molecular weight is 242 g/mol. The molecule has 0 aromatic heterocycles. The molecule has 3 atom stereocenters. The minimum Gasteiger partial charge on any atom is -0.465 e. The number of nitrogens with zero attached hydrogens (tertiary/aromatic N) is 1. The first kappa shape index (κ1) is 14.5. The van der Waals surface area contributed by atoms with Crippen LogP contribution in [0.2, 0.25) is 0 Å². The van der Waals surface area contributed by atoms with Crippen molar-refractivity contribution in [3.05, 3.63) is 0 Å². The number of hydrogen-bond donors (Lipinski definition) is 1. The summed E-state index contributed by atoms with van der Waals surface area (Å²) in [4.78, 5) is 14.1. The zero-order chi connectivity index (χ0) is 12.8. The van der Waals surface area contributed by atoms with E-state index in [0.717, 1.165) is 19.0 Å². The van der Waals surface area contributed by atoms with Gasteiger partial charge in [0.2, 0.25) is 0 Å². The summed E-state index contributed by atoms with van der Waals surface area (Å²) in [5.41, 5.74) is 0. The second-order valence-corrected chi connectivity index (χ2v) is 5.07. The molecule has 0 aromatic rings. The normalized spacial score (nSPS) is 27.8. The van der Waals surface area contributed by atoms with Crippen LogP contribution in [0.3, 0.4) is 0 Å². The highest BCUT2D eigenvalue weighted by atomic mass is 16.5. The molecule has 0 spiro atoms. The average Bonchev–Trinajstić information content (AvgIpc) is 2.28. The summed E-state index contributed by atoms with van der Waals surface area (Å²) in [6.45, 7) is 8.67. The van der Waals surface area contributed by atoms with Crippen molar-refractivity contribution in [2.75, 3.05) is 26.7 Å². The molecule has 4 heteroatoms. The molecule has 1 rings (SSSR count). The van der Waals surface area contributed by atoms with E-state index in [4.69, 9.17) is 4.74 Å². The fourth-order valence-corrected chi connectivity index (χ4v) is 2.49. The summed E-state index contributed by atoms with van der Waals surface area (Å²) in [7, 11) is 1.82. The quantitative estimate of drug-likeness (QED) is 0.737. The lowest BCUT2D eigenvalue weighted by atomic mass is 9.93. The smallest absolute Gasteiger partial charge is 0.324 e. The third-order valence-corrected chi connectivity index (χ3v) is 3.61. The van der Waals surface area contributed by atoms with E-state index in [9.17, 15) is 4.79 Å². The van der Waals surface area contributed by atoms with Crippen molar-refractivity contribution >= 4 is 5.97 Å². The Kier molecular flexibility index (Phi) is 5.92. The zero-order valence-electron chi connectivity index (χ0n) is 11.5. The van der Waals surface area contributed by atoms with Crippen LogP contribution in [0.5, 0.6) is 0 Å². The van der Waals surface area contributed by atoms with Crippen LogP contribution in [0.15, 0.2) is 0 Å². The van der Waals surface area contributed by atoms with Gasteiger partial charge in [-0.25, -0.2) is 0 Å². The lowest BCUT2D eigenvalue weighted by Gasteiger charge is -2.37.